The zero-order chi connectivity index (χ0) is 26.4. The lowest BCUT2D eigenvalue weighted by Gasteiger charge is -2.52. The van der Waals surface area contributed by atoms with Gasteiger partial charge in [-0.15, -0.1) is 10.2 Å². The Morgan fingerprint density at radius 2 is 1.92 bits per heavy atom. The van der Waals surface area contributed by atoms with E-state index in [1.807, 2.05) is 56.0 Å². The largest absolute Gasteiger partial charge is 0.467 e. The van der Waals surface area contributed by atoms with Crippen LogP contribution in [0, 0.1) is 0 Å². The fraction of sp³-hybridized carbons (Fsp3) is 0.519. The Hall–Kier alpha value is -2.69. The predicted octanol–water partition coefficient (Wildman–Crippen LogP) is 5.43. The molecule has 37 heavy (non-hydrogen) atoms. The summed E-state index contributed by atoms with van der Waals surface area (Å²) >= 11 is 3.87. The number of nitrogens with one attached hydrogen (secondary N) is 1. The van der Waals surface area contributed by atoms with Crippen molar-refractivity contribution in [3.8, 4) is 17.0 Å². The molecule has 4 heterocycles. The Bertz CT molecular complexity index is 1290. The number of methoxy groups -OCH3 is 1. The highest BCUT2D eigenvalue weighted by Crippen LogP contribution is 2.46. The van der Waals surface area contributed by atoms with Crippen LogP contribution in [0.4, 0.5) is 4.79 Å². The molecule has 1 aromatic carbocycles. The van der Waals surface area contributed by atoms with Crippen LogP contribution in [0.3, 0.4) is 0 Å². The maximum Gasteiger partial charge on any atom is 0.410 e. The molecular formula is C27H33BrN4O5. The van der Waals surface area contributed by atoms with Gasteiger partial charge in [0.25, 0.3) is 0 Å². The van der Waals surface area contributed by atoms with Gasteiger partial charge in [0.2, 0.25) is 0 Å². The first kappa shape index (κ1) is 25.9. The second-order valence-corrected chi connectivity index (χ2v) is 11.8. The smallest absolute Gasteiger partial charge is 0.410 e. The van der Waals surface area contributed by atoms with Crippen molar-refractivity contribution >= 4 is 33.1 Å². The number of para-hydroxylation sites is 1. The van der Waals surface area contributed by atoms with Gasteiger partial charge < -0.3 is 23.9 Å². The molecule has 2 bridgehead atoms. The number of carbonyl (C=O) groups excluding carboxylic acids is 1. The van der Waals surface area contributed by atoms with Crippen LogP contribution in [0.2, 0.25) is 0 Å². The normalized spacial score (nSPS) is 23.8. The number of fused-ring (bicyclic) bond motifs is 3. The lowest BCUT2D eigenvalue weighted by molar-refractivity contribution is -0.0937. The quantitative estimate of drug-likeness (QED) is 0.407. The number of hydrogen-bond donors (Lipinski definition) is 1. The van der Waals surface area contributed by atoms with Crippen molar-refractivity contribution in [2.45, 2.75) is 63.6 Å². The van der Waals surface area contributed by atoms with Crippen molar-refractivity contribution < 1.29 is 23.7 Å². The Morgan fingerprint density at radius 3 is 2.59 bits per heavy atom. The van der Waals surface area contributed by atoms with Gasteiger partial charge in [-0.1, -0.05) is 19.1 Å². The topological polar surface area (TPSA) is 98.8 Å². The maximum absolute atomic E-state index is 13.0. The molecule has 10 heteroatoms. The van der Waals surface area contributed by atoms with E-state index in [4.69, 9.17) is 18.9 Å². The molecular weight excluding hydrogens is 540 g/mol. The third kappa shape index (κ3) is 5.06. The van der Waals surface area contributed by atoms with Crippen LogP contribution in [-0.4, -0.2) is 71.0 Å². The molecule has 2 aliphatic heterocycles. The Balaban J connectivity index is 1.47. The molecule has 2 aliphatic rings. The number of ether oxygens (including phenoxy) is 4. The Labute approximate surface area is 224 Å². The van der Waals surface area contributed by atoms with Crippen molar-refractivity contribution in [2.24, 2.45) is 0 Å². The summed E-state index contributed by atoms with van der Waals surface area (Å²) in [4.78, 5) is 18.5. The van der Waals surface area contributed by atoms with E-state index >= 15 is 0 Å². The van der Waals surface area contributed by atoms with E-state index in [1.165, 1.54) is 0 Å². The lowest BCUT2D eigenvalue weighted by atomic mass is 9.71. The number of halogens is 1. The van der Waals surface area contributed by atoms with E-state index in [9.17, 15) is 4.79 Å². The molecule has 0 radical (unpaired) electrons. The number of aromatic amines is 1. The summed E-state index contributed by atoms with van der Waals surface area (Å²) in [5.74, 6) is 0.680. The van der Waals surface area contributed by atoms with Crippen LogP contribution in [0.25, 0.3) is 22.3 Å². The molecule has 0 aliphatic carbocycles. The van der Waals surface area contributed by atoms with E-state index < -0.39 is 5.60 Å². The SMILES string of the molecule is COCOc1ccccc1-c1cc2c(Br)c(C3(C)C[C@H]4COC[C@@H](C3)N4C(=O)OC(C)(C)C)[nH]c2nn1. The van der Waals surface area contributed by atoms with Crippen LogP contribution in [-0.2, 0) is 19.6 Å². The molecule has 5 rings (SSSR count). The van der Waals surface area contributed by atoms with Gasteiger partial charge in [0.1, 0.15) is 11.4 Å². The van der Waals surface area contributed by atoms with Gasteiger partial charge in [-0.05, 0) is 67.7 Å². The molecule has 0 saturated carbocycles. The molecule has 2 fully saturated rings. The molecule has 1 N–H and O–H groups in total. The standard InChI is InChI=1S/C27H33BrN4O5/c1-26(2,3)37-25(33)32-16-11-27(4,12-17(32)14-35-13-16)23-22(28)19-10-20(30-31-24(19)29-23)18-8-6-7-9-21(18)36-15-34-5/h6-10,16-17H,11-15H2,1-5H3,(H,29,31)/t16-,17+,27?. The predicted molar refractivity (Wildman–Crippen MR) is 143 cm³/mol. The minimum absolute atomic E-state index is 0.0721. The second kappa shape index (κ2) is 9.89. The summed E-state index contributed by atoms with van der Waals surface area (Å²) in [6.45, 7) is 9.05. The van der Waals surface area contributed by atoms with Crippen molar-refractivity contribution in [2.75, 3.05) is 27.1 Å². The summed E-state index contributed by atoms with van der Waals surface area (Å²) in [7, 11) is 1.59. The van der Waals surface area contributed by atoms with Crippen molar-refractivity contribution in [3.05, 3.63) is 40.5 Å². The molecule has 198 valence electrons. The molecule has 3 atom stereocenters. The molecule has 2 saturated heterocycles. The van der Waals surface area contributed by atoms with E-state index in [0.29, 0.717) is 30.3 Å². The maximum atomic E-state index is 13.0. The summed E-state index contributed by atoms with van der Waals surface area (Å²) < 4.78 is 23.4. The van der Waals surface area contributed by atoms with Gasteiger partial charge in [0.05, 0.1) is 31.0 Å². The van der Waals surface area contributed by atoms with Gasteiger partial charge in [0.15, 0.2) is 12.4 Å². The number of piperidine rings is 1. The first-order chi connectivity index (χ1) is 17.6. The number of aromatic nitrogens is 3. The number of hydrogen-bond acceptors (Lipinski definition) is 7. The monoisotopic (exact) mass is 572 g/mol. The summed E-state index contributed by atoms with van der Waals surface area (Å²) in [6, 6.07) is 9.57. The third-order valence-electron chi connectivity index (χ3n) is 6.98. The van der Waals surface area contributed by atoms with E-state index in [1.54, 1.807) is 7.11 Å². The van der Waals surface area contributed by atoms with Gasteiger partial charge in [-0.3, -0.25) is 4.90 Å². The molecule has 2 aromatic heterocycles. The average Bonchev–Trinajstić information content (AvgIpc) is 3.18. The molecule has 1 amide bonds. The number of amides is 1. The minimum atomic E-state index is -0.545. The summed E-state index contributed by atoms with van der Waals surface area (Å²) in [5, 5.41) is 9.94. The van der Waals surface area contributed by atoms with Gasteiger partial charge in [-0.2, -0.15) is 0 Å². The highest BCUT2D eigenvalue weighted by atomic mass is 79.9. The van der Waals surface area contributed by atoms with E-state index in [0.717, 1.165) is 34.0 Å². The van der Waals surface area contributed by atoms with Gasteiger partial charge in [0, 0.05) is 33.6 Å². The Morgan fingerprint density at radius 1 is 1.22 bits per heavy atom. The first-order valence-corrected chi connectivity index (χ1v) is 13.2. The van der Waals surface area contributed by atoms with Crippen LogP contribution in [0.15, 0.2) is 34.8 Å². The van der Waals surface area contributed by atoms with Crippen LogP contribution < -0.4 is 4.74 Å². The lowest BCUT2D eigenvalue weighted by Crippen LogP contribution is -2.62. The summed E-state index contributed by atoms with van der Waals surface area (Å²) in [5.41, 5.74) is 2.54. The highest BCUT2D eigenvalue weighted by molar-refractivity contribution is 9.10. The fourth-order valence-corrected chi connectivity index (χ4v) is 6.37. The highest BCUT2D eigenvalue weighted by Gasteiger charge is 2.49. The number of nitrogens with zero attached hydrogens (tertiary/aromatic N) is 3. The van der Waals surface area contributed by atoms with E-state index in [-0.39, 0.29) is 30.4 Å². The number of carbonyl (C=O) groups is 1. The third-order valence-corrected chi connectivity index (χ3v) is 7.80. The molecule has 3 aromatic rings. The molecule has 0 spiro atoms. The van der Waals surface area contributed by atoms with Crippen molar-refractivity contribution in [1.29, 1.82) is 0 Å². The minimum Gasteiger partial charge on any atom is -0.467 e. The fourth-order valence-electron chi connectivity index (χ4n) is 5.49. The summed E-state index contributed by atoms with van der Waals surface area (Å²) in [6.07, 6.45) is 1.21. The zero-order valence-electron chi connectivity index (χ0n) is 21.8. The van der Waals surface area contributed by atoms with Crippen LogP contribution in [0.5, 0.6) is 5.75 Å². The van der Waals surface area contributed by atoms with Crippen molar-refractivity contribution in [3.63, 3.8) is 0 Å². The first-order valence-electron chi connectivity index (χ1n) is 12.5. The number of morpholine rings is 1. The average molecular weight is 573 g/mol. The second-order valence-electron chi connectivity index (χ2n) is 11.1. The van der Waals surface area contributed by atoms with Crippen molar-refractivity contribution in [1.82, 2.24) is 20.1 Å². The zero-order valence-corrected chi connectivity index (χ0v) is 23.4. The van der Waals surface area contributed by atoms with Crippen LogP contribution >= 0.6 is 15.9 Å². The Kier molecular flexibility index (Phi) is 6.93. The number of benzene rings is 1. The van der Waals surface area contributed by atoms with Crippen LogP contribution in [0.1, 0.15) is 46.2 Å². The molecule has 1 unspecified atom stereocenters. The van der Waals surface area contributed by atoms with Gasteiger partial charge in [-0.25, -0.2) is 4.79 Å². The molecule has 9 nitrogen and oxygen atoms in total. The van der Waals surface area contributed by atoms with Gasteiger partial charge >= 0.3 is 6.09 Å². The number of rotatable bonds is 5. The van der Waals surface area contributed by atoms with E-state index in [2.05, 4.69) is 38.0 Å². The number of H-pyrrole nitrogens is 1.